The molecule has 108 valence electrons. The maximum absolute atomic E-state index is 12.0. The Labute approximate surface area is 117 Å². The summed E-state index contributed by atoms with van der Waals surface area (Å²) in [5.41, 5.74) is 0.778. The maximum Gasteiger partial charge on any atom is 0.310 e. The first kappa shape index (κ1) is 14.5. The van der Waals surface area contributed by atoms with E-state index in [1.807, 2.05) is 18.2 Å². The van der Waals surface area contributed by atoms with E-state index in [0.29, 0.717) is 25.1 Å². The molecule has 0 bridgehead atoms. The molecule has 1 fully saturated rings. The summed E-state index contributed by atoms with van der Waals surface area (Å²) in [4.78, 5) is 23.2. The molecule has 0 atom stereocenters. The van der Waals surface area contributed by atoms with Gasteiger partial charge < -0.3 is 15.2 Å². The largest absolute Gasteiger partial charge is 0.481 e. The monoisotopic (exact) mass is 277 g/mol. The third-order valence-electron chi connectivity index (χ3n) is 3.79. The van der Waals surface area contributed by atoms with Crippen LogP contribution >= 0.6 is 0 Å². The van der Waals surface area contributed by atoms with Crippen LogP contribution < -0.4 is 5.32 Å². The molecule has 20 heavy (non-hydrogen) atoms. The lowest BCUT2D eigenvalue weighted by molar-refractivity contribution is -0.157. The molecule has 1 saturated carbocycles. The quantitative estimate of drug-likeness (QED) is 0.837. The van der Waals surface area contributed by atoms with Gasteiger partial charge in [0.05, 0.1) is 12.0 Å². The predicted molar refractivity (Wildman–Crippen MR) is 74.3 cm³/mol. The standard InChI is InChI=1S/C15H19NO4/c1-20-10-11-4-2-5-12(8-11)16-13(17)9-15(14(18)19)6-3-7-15/h2,4-5,8H,3,6-7,9-10H2,1H3,(H,16,17)(H,18,19). The maximum atomic E-state index is 12.0. The summed E-state index contributed by atoms with van der Waals surface area (Å²) in [7, 11) is 1.61. The molecule has 0 saturated heterocycles. The number of ether oxygens (including phenoxy) is 1. The van der Waals surface area contributed by atoms with Gasteiger partial charge in [0, 0.05) is 19.2 Å². The van der Waals surface area contributed by atoms with Crippen LogP contribution in [0.2, 0.25) is 0 Å². The second-order valence-electron chi connectivity index (χ2n) is 5.30. The van der Waals surface area contributed by atoms with E-state index in [0.717, 1.165) is 12.0 Å². The number of carboxylic acid groups (broad SMARTS) is 1. The van der Waals surface area contributed by atoms with Crippen LogP contribution in [0.1, 0.15) is 31.2 Å². The van der Waals surface area contributed by atoms with E-state index < -0.39 is 11.4 Å². The van der Waals surface area contributed by atoms with Gasteiger partial charge in [-0.05, 0) is 30.5 Å². The third kappa shape index (κ3) is 3.17. The van der Waals surface area contributed by atoms with Crippen LogP contribution in [0.15, 0.2) is 24.3 Å². The molecule has 1 aromatic carbocycles. The van der Waals surface area contributed by atoms with Gasteiger partial charge in [-0.3, -0.25) is 9.59 Å². The smallest absolute Gasteiger partial charge is 0.310 e. The SMILES string of the molecule is COCc1cccc(NC(=O)CC2(C(=O)O)CCC2)c1. The van der Waals surface area contributed by atoms with Crippen molar-refractivity contribution in [1.29, 1.82) is 0 Å². The summed E-state index contributed by atoms with van der Waals surface area (Å²) in [6.07, 6.45) is 2.08. The van der Waals surface area contributed by atoms with E-state index in [-0.39, 0.29) is 12.3 Å². The number of hydrogen-bond donors (Lipinski definition) is 2. The number of nitrogens with one attached hydrogen (secondary N) is 1. The van der Waals surface area contributed by atoms with Gasteiger partial charge >= 0.3 is 5.97 Å². The average Bonchev–Trinajstić information content (AvgIpc) is 2.34. The molecule has 1 amide bonds. The highest BCUT2D eigenvalue weighted by atomic mass is 16.5. The van der Waals surface area contributed by atoms with E-state index in [1.54, 1.807) is 13.2 Å². The summed E-state index contributed by atoms with van der Waals surface area (Å²) in [5.74, 6) is -1.12. The number of hydrogen-bond acceptors (Lipinski definition) is 3. The zero-order chi connectivity index (χ0) is 14.6. The Kier molecular flexibility index (Phi) is 4.39. The van der Waals surface area contributed by atoms with Crippen molar-refractivity contribution in [1.82, 2.24) is 0 Å². The molecule has 2 N–H and O–H groups in total. The lowest BCUT2D eigenvalue weighted by Gasteiger charge is -2.36. The Morgan fingerprint density at radius 3 is 2.70 bits per heavy atom. The van der Waals surface area contributed by atoms with Crippen LogP contribution in [-0.4, -0.2) is 24.1 Å². The number of amides is 1. The Hall–Kier alpha value is -1.88. The van der Waals surface area contributed by atoms with Crippen molar-refractivity contribution in [2.75, 3.05) is 12.4 Å². The molecule has 1 aliphatic carbocycles. The summed E-state index contributed by atoms with van der Waals surface area (Å²) >= 11 is 0. The summed E-state index contributed by atoms with van der Waals surface area (Å²) in [5, 5.41) is 12.0. The second kappa shape index (κ2) is 6.05. The van der Waals surface area contributed by atoms with Crippen molar-refractivity contribution in [3.8, 4) is 0 Å². The highest BCUT2D eigenvalue weighted by Crippen LogP contribution is 2.44. The van der Waals surface area contributed by atoms with Crippen LogP contribution in [-0.2, 0) is 20.9 Å². The van der Waals surface area contributed by atoms with Crippen molar-refractivity contribution in [3.63, 3.8) is 0 Å². The second-order valence-corrected chi connectivity index (χ2v) is 5.30. The van der Waals surface area contributed by atoms with Crippen molar-refractivity contribution < 1.29 is 19.4 Å². The normalized spacial score (nSPS) is 16.2. The van der Waals surface area contributed by atoms with Crippen LogP contribution in [0.25, 0.3) is 0 Å². The Balaban J connectivity index is 1.97. The average molecular weight is 277 g/mol. The fourth-order valence-electron chi connectivity index (χ4n) is 2.49. The van der Waals surface area contributed by atoms with Crippen LogP contribution in [0.3, 0.4) is 0 Å². The fourth-order valence-corrected chi connectivity index (χ4v) is 2.49. The summed E-state index contributed by atoms with van der Waals surface area (Å²) in [6, 6.07) is 7.35. The lowest BCUT2D eigenvalue weighted by Crippen LogP contribution is -2.41. The van der Waals surface area contributed by atoms with Crippen LogP contribution in [0.5, 0.6) is 0 Å². The number of carbonyl (C=O) groups is 2. The van der Waals surface area contributed by atoms with E-state index in [2.05, 4.69) is 5.32 Å². The Morgan fingerprint density at radius 2 is 2.15 bits per heavy atom. The van der Waals surface area contributed by atoms with Gasteiger partial charge in [-0.1, -0.05) is 18.6 Å². The summed E-state index contributed by atoms with van der Waals surface area (Å²) in [6.45, 7) is 0.475. The molecule has 0 radical (unpaired) electrons. The number of carboxylic acids is 1. The molecule has 0 heterocycles. The van der Waals surface area contributed by atoms with Gasteiger partial charge in [-0.2, -0.15) is 0 Å². The number of carbonyl (C=O) groups excluding carboxylic acids is 1. The lowest BCUT2D eigenvalue weighted by atomic mass is 9.66. The van der Waals surface area contributed by atoms with Gasteiger partial charge in [0.15, 0.2) is 0 Å². The van der Waals surface area contributed by atoms with Crippen molar-refractivity contribution in [2.24, 2.45) is 5.41 Å². The van der Waals surface area contributed by atoms with E-state index in [1.165, 1.54) is 0 Å². The first-order valence-electron chi connectivity index (χ1n) is 6.67. The van der Waals surface area contributed by atoms with E-state index >= 15 is 0 Å². The highest BCUT2D eigenvalue weighted by Gasteiger charge is 2.45. The van der Waals surface area contributed by atoms with Gasteiger partial charge in [0.1, 0.15) is 0 Å². The van der Waals surface area contributed by atoms with Crippen LogP contribution in [0.4, 0.5) is 5.69 Å². The highest BCUT2D eigenvalue weighted by molar-refractivity contribution is 5.94. The van der Waals surface area contributed by atoms with Crippen molar-refractivity contribution >= 4 is 17.6 Å². The zero-order valence-corrected chi connectivity index (χ0v) is 11.5. The fraction of sp³-hybridized carbons (Fsp3) is 0.467. The molecule has 5 heteroatoms. The van der Waals surface area contributed by atoms with Gasteiger partial charge in [0.2, 0.25) is 5.91 Å². The summed E-state index contributed by atoms with van der Waals surface area (Å²) < 4.78 is 5.04. The molecule has 0 aromatic heterocycles. The Morgan fingerprint density at radius 1 is 1.40 bits per heavy atom. The molecule has 0 spiro atoms. The number of methoxy groups -OCH3 is 1. The van der Waals surface area contributed by atoms with Gasteiger partial charge in [0.25, 0.3) is 0 Å². The molecule has 1 aromatic rings. The number of rotatable bonds is 6. The Bertz CT molecular complexity index is 508. The minimum atomic E-state index is -0.868. The molecule has 1 aliphatic rings. The van der Waals surface area contributed by atoms with Gasteiger partial charge in [-0.25, -0.2) is 0 Å². The van der Waals surface area contributed by atoms with Crippen molar-refractivity contribution in [3.05, 3.63) is 29.8 Å². The first-order valence-corrected chi connectivity index (χ1v) is 6.67. The van der Waals surface area contributed by atoms with E-state index in [4.69, 9.17) is 4.74 Å². The van der Waals surface area contributed by atoms with Gasteiger partial charge in [-0.15, -0.1) is 0 Å². The number of aliphatic carboxylic acids is 1. The minimum Gasteiger partial charge on any atom is -0.481 e. The molecule has 0 unspecified atom stereocenters. The van der Waals surface area contributed by atoms with Crippen molar-refractivity contribution in [2.45, 2.75) is 32.3 Å². The topological polar surface area (TPSA) is 75.6 Å². The number of benzene rings is 1. The molecular weight excluding hydrogens is 258 g/mol. The molecule has 0 aliphatic heterocycles. The van der Waals surface area contributed by atoms with Crippen LogP contribution in [0, 0.1) is 5.41 Å². The molecular formula is C15H19NO4. The minimum absolute atomic E-state index is 0.0385. The molecule has 2 rings (SSSR count). The zero-order valence-electron chi connectivity index (χ0n) is 11.5. The third-order valence-corrected chi connectivity index (χ3v) is 3.79. The van der Waals surface area contributed by atoms with E-state index in [9.17, 15) is 14.7 Å². The number of anilines is 1. The predicted octanol–water partition coefficient (Wildman–Crippen LogP) is 2.42. The first-order chi connectivity index (χ1) is 9.55. The molecule has 5 nitrogen and oxygen atoms in total.